The minimum absolute atomic E-state index is 0.130. The number of benzene rings is 1. The molecule has 1 aromatic carbocycles. The third kappa shape index (κ3) is 6.50. The van der Waals surface area contributed by atoms with Crippen LogP contribution in [0.3, 0.4) is 0 Å². The molecule has 0 bridgehead atoms. The van der Waals surface area contributed by atoms with Crippen molar-refractivity contribution in [1.82, 2.24) is 10.2 Å². The second kappa shape index (κ2) is 9.65. The molecule has 0 saturated carbocycles. The first kappa shape index (κ1) is 18.8. The lowest BCUT2D eigenvalue weighted by Crippen LogP contribution is -2.18. The van der Waals surface area contributed by atoms with Crippen LogP contribution in [0.4, 0.5) is 10.8 Å². The van der Waals surface area contributed by atoms with Crippen LogP contribution in [0.2, 0.25) is 0 Å². The van der Waals surface area contributed by atoms with Crippen molar-refractivity contribution in [3.8, 4) is 0 Å². The number of nitrogens with zero attached hydrogens (tertiary/aromatic N) is 2. The van der Waals surface area contributed by atoms with E-state index in [1.54, 1.807) is 11.8 Å². The van der Waals surface area contributed by atoms with Crippen molar-refractivity contribution in [2.24, 2.45) is 0 Å². The van der Waals surface area contributed by atoms with Crippen molar-refractivity contribution in [3.63, 3.8) is 0 Å². The number of anilines is 2. The predicted octanol–water partition coefficient (Wildman–Crippen LogP) is 3.27. The largest absolute Gasteiger partial charge is 0.325 e. The van der Waals surface area contributed by atoms with Crippen LogP contribution in [0.1, 0.15) is 12.5 Å². The van der Waals surface area contributed by atoms with Gasteiger partial charge in [0.1, 0.15) is 0 Å². The van der Waals surface area contributed by atoms with E-state index in [1.165, 1.54) is 23.1 Å². The van der Waals surface area contributed by atoms with E-state index < -0.39 is 0 Å². The van der Waals surface area contributed by atoms with E-state index >= 15 is 0 Å². The molecule has 0 radical (unpaired) electrons. The summed E-state index contributed by atoms with van der Waals surface area (Å²) >= 11 is 4.19. The quantitative estimate of drug-likeness (QED) is 0.538. The lowest BCUT2D eigenvalue weighted by atomic mass is 10.2. The van der Waals surface area contributed by atoms with Crippen molar-refractivity contribution < 1.29 is 9.59 Å². The molecule has 1 aromatic heterocycles. The molecule has 0 fully saturated rings. The zero-order chi connectivity index (χ0) is 17.4. The van der Waals surface area contributed by atoms with Crippen LogP contribution in [-0.4, -0.2) is 39.3 Å². The third-order valence-electron chi connectivity index (χ3n) is 2.72. The summed E-state index contributed by atoms with van der Waals surface area (Å²) in [6.07, 6.45) is 0. The topological polar surface area (TPSA) is 84.0 Å². The molecule has 0 saturated heterocycles. The number of hydrogen-bond donors (Lipinski definition) is 2. The van der Waals surface area contributed by atoms with E-state index in [0.717, 1.165) is 21.3 Å². The lowest BCUT2D eigenvalue weighted by Gasteiger charge is -2.05. The maximum Gasteiger partial charge on any atom is 0.236 e. The first-order chi connectivity index (χ1) is 11.6. The van der Waals surface area contributed by atoms with Crippen LogP contribution in [0, 0.1) is 6.92 Å². The fourth-order valence-corrected chi connectivity index (χ4v) is 3.95. The van der Waals surface area contributed by atoms with E-state index in [1.807, 2.05) is 38.1 Å². The number of hydrogen-bond acceptors (Lipinski definition) is 7. The number of rotatable bonds is 8. The van der Waals surface area contributed by atoms with Gasteiger partial charge in [-0.15, -0.1) is 22.0 Å². The molecule has 2 amide bonds. The normalized spacial score (nSPS) is 10.4. The number of aromatic nitrogens is 2. The molecule has 24 heavy (non-hydrogen) atoms. The zero-order valence-corrected chi connectivity index (χ0v) is 15.8. The van der Waals surface area contributed by atoms with E-state index in [-0.39, 0.29) is 23.3 Å². The van der Waals surface area contributed by atoms with Crippen molar-refractivity contribution >= 4 is 57.5 Å². The summed E-state index contributed by atoms with van der Waals surface area (Å²) in [5.41, 5.74) is 1.89. The number of carbonyl (C=O) groups excluding carboxylic acids is 2. The van der Waals surface area contributed by atoms with E-state index in [9.17, 15) is 9.59 Å². The van der Waals surface area contributed by atoms with Gasteiger partial charge in [0, 0.05) is 5.69 Å². The summed E-state index contributed by atoms with van der Waals surface area (Å²) in [6, 6.07) is 7.57. The summed E-state index contributed by atoms with van der Waals surface area (Å²) < 4.78 is 0.831. The molecule has 0 aliphatic heterocycles. The maximum absolute atomic E-state index is 11.8. The first-order valence-corrected chi connectivity index (χ1v) is 10.2. The Morgan fingerprint density at radius 2 is 1.75 bits per heavy atom. The first-order valence-electron chi connectivity index (χ1n) is 7.27. The summed E-state index contributed by atoms with van der Waals surface area (Å²) in [6.45, 7) is 4.02. The summed E-state index contributed by atoms with van der Waals surface area (Å²) in [5, 5.41) is 13.8. The number of amides is 2. The van der Waals surface area contributed by atoms with Crippen molar-refractivity contribution in [2.45, 2.75) is 18.2 Å². The SMILES string of the molecule is CCSc1nnc(NC(=O)CSCC(=O)Nc2ccc(C)cc2)s1. The molecule has 9 heteroatoms. The Morgan fingerprint density at radius 1 is 1.08 bits per heavy atom. The Labute approximate surface area is 153 Å². The molecule has 0 aliphatic rings. The average Bonchev–Trinajstić information content (AvgIpc) is 2.97. The van der Waals surface area contributed by atoms with Crippen LogP contribution >= 0.6 is 34.9 Å². The smallest absolute Gasteiger partial charge is 0.236 e. The van der Waals surface area contributed by atoms with Gasteiger partial charge in [-0.2, -0.15) is 0 Å². The van der Waals surface area contributed by atoms with Crippen LogP contribution in [-0.2, 0) is 9.59 Å². The Hall–Kier alpha value is -1.58. The third-order valence-corrected chi connectivity index (χ3v) is 5.51. The molecule has 2 rings (SSSR count). The van der Waals surface area contributed by atoms with Gasteiger partial charge in [0.2, 0.25) is 16.9 Å². The van der Waals surface area contributed by atoms with Gasteiger partial charge < -0.3 is 5.32 Å². The van der Waals surface area contributed by atoms with Gasteiger partial charge in [0.25, 0.3) is 0 Å². The van der Waals surface area contributed by atoms with Gasteiger partial charge in [-0.3, -0.25) is 14.9 Å². The minimum Gasteiger partial charge on any atom is -0.325 e. The van der Waals surface area contributed by atoms with Gasteiger partial charge in [-0.1, -0.05) is 47.7 Å². The Bertz CT molecular complexity index is 688. The van der Waals surface area contributed by atoms with E-state index in [2.05, 4.69) is 20.8 Å². The number of carbonyl (C=O) groups is 2. The summed E-state index contributed by atoms with van der Waals surface area (Å²) in [4.78, 5) is 23.7. The highest BCUT2D eigenvalue weighted by Crippen LogP contribution is 2.25. The van der Waals surface area contributed by atoms with Crippen LogP contribution < -0.4 is 10.6 Å². The molecule has 2 N–H and O–H groups in total. The van der Waals surface area contributed by atoms with Crippen molar-refractivity contribution in [1.29, 1.82) is 0 Å². The van der Waals surface area contributed by atoms with Crippen molar-refractivity contribution in [2.75, 3.05) is 27.9 Å². The molecular formula is C15H18N4O2S3. The number of thioether (sulfide) groups is 2. The monoisotopic (exact) mass is 382 g/mol. The van der Waals surface area contributed by atoms with Crippen molar-refractivity contribution in [3.05, 3.63) is 29.8 Å². The molecular weight excluding hydrogens is 364 g/mol. The second-order valence-electron chi connectivity index (χ2n) is 4.76. The molecule has 0 spiro atoms. The van der Waals surface area contributed by atoms with Gasteiger partial charge in [-0.25, -0.2) is 0 Å². The average molecular weight is 383 g/mol. The Kier molecular flexibility index (Phi) is 7.54. The highest BCUT2D eigenvalue weighted by molar-refractivity contribution is 8.01. The highest BCUT2D eigenvalue weighted by atomic mass is 32.2. The van der Waals surface area contributed by atoms with E-state index in [4.69, 9.17) is 0 Å². The maximum atomic E-state index is 11.8. The van der Waals surface area contributed by atoms with Crippen LogP contribution in [0.5, 0.6) is 0 Å². The molecule has 0 aliphatic carbocycles. The fraction of sp³-hybridized carbons (Fsp3) is 0.333. The van der Waals surface area contributed by atoms with Crippen LogP contribution in [0.15, 0.2) is 28.6 Å². The molecule has 0 unspecified atom stereocenters. The standard InChI is InChI=1S/C15H18N4O2S3/c1-3-23-15-19-18-14(24-15)17-13(21)9-22-8-12(20)16-11-6-4-10(2)5-7-11/h4-7H,3,8-9H2,1-2H3,(H,16,20)(H,17,18,21). The molecule has 6 nitrogen and oxygen atoms in total. The van der Waals surface area contributed by atoms with Gasteiger partial charge in [-0.05, 0) is 24.8 Å². The van der Waals surface area contributed by atoms with E-state index in [0.29, 0.717) is 5.13 Å². The minimum atomic E-state index is -0.188. The molecule has 0 atom stereocenters. The zero-order valence-electron chi connectivity index (χ0n) is 13.4. The Balaban J connectivity index is 1.67. The van der Waals surface area contributed by atoms with Gasteiger partial charge in [0.15, 0.2) is 4.34 Å². The fourth-order valence-electron chi connectivity index (χ4n) is 1.67. The van der Waals surface area contributed by atoms with Gasteiger partial charge in [0.05, 0.1) is 11.5 Å². The second-order valence-corrected chi connectivity index (χ2v) is 8.24. The molecule has 1 heterocycles. The molecule has 2 aromatic rings. The highest BCUT2D eigenvalue weighted by Gasteiger charge is 2.10. The Morgan fingerprint density at radius 3 is 2.42 bits per heavy atom. The summed E-state index contributed by atoms with van der Waals surface area (Å²) in [5.74, 6) is 1.00. The number of aryl methyl sites for hydroxylation is 1. The summed E-state index contributed by atoms with van der Waals surface area (Å²) in [7, 11) is 0. The number of nitrogens with one attached hydrogen (secondary N) is 2. The lowest BCUT2D eigenvalue weighted by molar-refractivity contribution is -0.114. The molecule has 128 valence electrons. The van der Waals surface area contributed by atoms with Gasteiger partial charge >= 0.3 is 0 Å². The predicted molar refractivity (Wildman–Crippen MR) is 102 cm³/mol. The van der Waals surface area contributed by atoms with Crippen LogP contribution in [0.25, 0.3) is 0 Å².